The Morgan fingerprint density at radius 2 is 1.84 bits per heavy atom. The van der Waals surface area contributed by atoms with Gasteiger partial charge in [0, 0.05) is 24.9 Å². The molecular formula is C16H23NO2. The molecule has 0 aromatic heterocycles. The highest BCUT2D eigenvalue weighted by molar-refractivity contribution is 5.98. The lowest BCUT2D eigenvalue weighted by atomic mass is 10.0. The van der Waals surface area contributed by atoms with Crippen molar-refractivity contribution in [3.8, 4) is 0 Å². The van der Waals surface area contributed by atoms with Gasteiger partial charge in [-0.25, -0.2) is 0 Å². The zero-order chi connectivity index (χ0) is 14.3. The second-order valence-electron chi connectivity index (χ2n) is 4.93. The van der Waals surface area contributed by atoms with Gasteiger partial charge < -0.3 is 5.32 Å². The standard InChI is InChI=1S/C16H23NO2/c1-4-5-10-17-16(19)9-8-15(18)14-7-6-12(2)13(3)11-14/h6-7,11H,4-5,8-10H2,1-3H3,(H,17,19). The molecule has 1 rings (SSSR count). The van der Waals surface area contributed by atoms with Gasteiger partial charge in [-0.05, 0) is 37.5 Å². The molecule has 0 bridgehead atoms. The molecule has 19 heavy (non-hydrogen) atoms. The molecule has 1 aromatic carbocycles. The SMILES string of the molecule is CCCCNC(=O)CCC(=O)c1ccc(C)c(C)c1. The van der Waals surface area contributed by atoms with E-state index in [0.29, 0.717) is 12.1 Å². The van der Waals surface area contributed by atoms with Crippen LogP contribution in [0.25, 0.3) is 0 Å². The van der Waals surface area contributed by atoms with Crippen LogP contribution >= 0.6 is 0 Å². The predicted octanol–water partition coefficient (Wildman–Crippen LogP) is 3.18. The van der Waals surface area contributed by atoms with Gasteiger partial charge in [0.25, 0.3) is 0 Å². The summed E-state index contributed by atoms with van der Waals surface area (Å²) in [4.78, 5) is 23.5. The van der Waals surface area contributed by atoms with E-state index < -0.39 is 0 Å². The minimum atomic E-state index is -0.0365. The molecule has 1 aromatic rings. The Morgan fingerprint density at radius 1 is 1.11 bits per heavy atom. The summed E-state index contributed by atoms with van der Waals surface area (Å²) in [6.45, 7) is 6.79. The molecule has 0 unspecified atom stereocenters. The van der Waals surface area contributed by atoms with Crippen LogP contribution in [-0.4, -0.2) is 18.2 Å². The van der Waals surface area contributed by atoms with E-state index in [-0.39, 0.29) is 24.5 Å². The second-order valence-corrected chi connectivity index (χ2v) is 4.93. The largest absolute Gasteiger partial charge is 0.356 e. The van der Waals surface area contributed by atoms with Gasteiger partial charge in [0.2, 0.25) is 5.91 Å². The first kappa shape index (κ1) is 15.4. The van der Waals surface area contributed by atoms with E-state index >= 15 is 0 Å². The molecule has 0 radical (unpaired) electrons. The third kappa shape index (κ3) is 5.25. The molecule has 0 aliphatic rings. The normalized spacial score (nSPS) is 10.3. The molecule has 0 aliphatic heterocycles. The Kier molecular flexibility index (Phi) is 6.26. The first-order valence-electron chi connectivity index (χ1n) is 6.91. The van der Waals surface area contributed by atoms with Crippen LogP contribution in [0.1, 0.15) is 54.1 Å². The number of rotatable bonds is 7. The second kappa shape index (κ2) is 7.72. The average molecular weight is 261 g/mol. The highest BCUT2D eigenvalue weighted by Crippen LogP contribution is 2.12. The number of benzene rings is 1. The number of aryl methyl sites for hydroxylation is 2. The lowest BCUT2D eigenvalue weighted by Gasteiger charge is -2.06. The number of nitrogens with one attached hydrogen (secondary N) is 1. The lowest BCUT2D eigenvalue weighted by molar-refractivity contribution is -0.121. The summed E-state index contributed by atoms with van der Waals surface area (Å²) in [5, 5.41) is 2.82. The third-order valence-electron chi connectivity index (χ3n) is 3.26. The van der Waals surface area contributed by atoms with Gasteiger partial charge in [-0.3, -0.25) is 9.59 Å². The topological polar surface area (TPSA) is 46.2 Å². The summed E-state index contributed by atoms with van der Waals surface area (Å²) in [6.07, 6.45) is 2.59. The van der Waals surface area contributed by atoms with Gasteiger partial charge in [-0.15, -0.1) is 0 Å². The van der Waals surface area contributed by atoms with E-state index in [9.17, 15) is 9.59 Å². The number of carbonyl (C=O) groups excluding carboxylic acids is 2. The van der Waals surface area contributed by atoms with Crippen molar-refractivity contribution in [1.82, 2.24) is 5.32 Å². The van der Waals surface area contributed by atoms with Gasteiger partial charge in [-0.1, -0.05) is 25.5 Å². The van der Waals surface area contributed by atoms with Crippen LogP contribution in [0.5, 0.6) is 0 Å². The van der Waals surface area contributed by atoms with Crippen molar-refractivity contribution in [3.63, 3.8) is 0 Å². The van der Waals surface area contributed by atoms with Crippen LogP contribution < -0.4 is 5.32 Å². The van der Waals surface area contributed by atoms with E-state index in [1.165, 1.54) is 5.56 Å². The van der Waals surface area contributed by atoms with Crippen molar-refractivity contribution in [3.05, 3.63) is 34.9 Å². The number of unbranched alkanes of at least 4 members (excludes halogenated alkanes) is 1. The van der Waals surface area contributed by atoms with Gasteiger partial charge >= 0.3 is 0 Å². The number of hydrogen-bond donors (Lipinski definition) is 1. The number of Topliss-reactive ketones (excluding diaryl/α,β-unsaturated/α-hetero) is 1. The quantitative estimate of drug-likeness (QED) is 0.605. The summed E-state index contributed by atoms with van der Waals surface area (Å²) in [7, 11) is 0. The summed E-state index contributed by atoms with van der Waals surface area (Å²) in [5.74, 6) is -0.000579. The van der Waals surface area contributed by atoms with Gasteiger partial charge in [0.15, 0.2) is 5.78 Å². The van der Waals surface area contributed by atoms with Crippen molar-refractivity contribution in [2.45, 2.75) is 46.5 Å². The molecule has 1 N–H and O–H groups in total. The smallest absolute Gasteiger partial charge is 0.220 e. The maximum absolute atomic E-state index is 12.0. The van der Waals surface area contributed by atoms with Crippen molar-refractivity contribution < 1.29 is 9.59 Å². The fourth-order valence-corrected chi connectivity index (χ4v) is 1.78. The van der Waals surface area contributed by atoms with Crippen LogP contribution in [0.4, 0.5) is 0 Å². The molecular weight excluding hydrogens is 238 g/mol. The number of hydrogen-bond acceptors (Lipinski definition) is 2. The summed E-state index contributed by atoms with van der Waals surface area (Å²) < 4.78 is 0. The molecule has 0 saturated carbocycles. The van der Waals surface area contributed by atoms with Crippen LogP contribution in [0.15, 0.2) is 18.2 Å². The first-order chi connectivity index (χ1) is 9.04. The van der Waals surface area contributed by atoms with E-state index in [1.54, 1.807) is 0 Å². The Hall–Kier alpha value is -1.64. The fraction of sp³-hybridized carbons (Fsp3) is 0.500. The van der Waals surface area contributed by atoms with Crippen LogP contribution in [-0.2, 0) is 4.79 Å². The molecule has 0 fully saturated rings. The van der Waals surface area contributed by atoms with Crippen molar-refractivity contribution in [1.29, 1.82) is 0 Å². The monoisotopic (exact) mass is 261 g/mol. The molecule has 0 atom stereocenters. The molecule has 0 saturated heterocycles. The number of ketones is 1. The van der Waals surface area contributed by atoms with Crippen LogP contribution in [0.2, 0.25) is 0 Å². The van der Waals surface area contributed by atoms with E-state index in [0.717, 1.165) is 18.4 Å². The zero-order valence-electron chi connectivity index (χ0n) is 12.1. The van der Waals surface area contributed by atoms with Gasteiger partial charge in [-0.2, -0.15) is 0 Å². The van der Waals surface area contributed by atoms with Crippen LogP contribution in [0, 0.1) is 13.8 Å². The van der Waals surface area contributed by atoms with E-state index in [1.807, 2.05) is 32.0 Å². The highest BCUT2D eigenvalue weighted by Gasteiger charge is 2.09. The Morgan fingerprint density at radius 3 is 2.47 bits per heavy atom. The van der Waals surface area contributed by atoms with Crippen LogP contribution in [0.3, 0.4) is 0 Å². The first-order valence-corrected chi connectivity index (χ1v) is 6.91. The zero-order valence-corrected chi connectivity index (χ0v) is 12.1. The van der Waals surface area contributed by atoms with Gasteiger partial charge in [0.1, 0.15) is 0 Å². The van der Waals surface area contributed by atoms with E-state index in [4.69, 9.17) is 0 Å². The lowest BCUT2D eigenvalue weighted by Crippen LogP contribution is -2.24. The maximum atomic E-state index is 12.0. The molecule has 104 valence electrons. The number of amides is 1. The fourth-order valence-electron chi connectivity index (χ4n) is 1.78. The van der Waals surface area contributed by atoms with Crippen molar-refractivity contribution >= 4 is 11.7 Å². The van der Waals surface area contributed by atoms with Crippen molar-refractivity contribution in [2.24, 2.45) is 0 Å². The molecule has 3 heteroatoms. The predicted molar refractivity (Wildman–Crippen MR) is 77.4 cm³/mol. The highest BCUT2D eigenvalue weighted by atomic mass is 16.2. The maximum Gasteiger partial charge on any atom is 0.220 e. The van der Waals surface area contributed by atoms with Crippen molar-refractivity contribution in [2.75, 3.05) is 6.54 Å². The molecule has 1 amide bonds. The minimum absolute atomic E-state index is 0.0359. The summed E-state index contributed by atoms with van der Waals surface area (Å²) >= 11 is 0. The molecule has 0 aliphatic carbocycles. The molecule has 0 heterocycles. The Bertz CT molecular complexity index is 452. The Balaban J connectivity index is 2.42. The minimum Gasteiger partial charge on any atom is -0.356 e. The average Bonchev–Trinajstić information content (AvgIpc) is 2.39. The molecule has 3 nitrogen and oxygen atoms in total. The summed E-state index contributed by atoms with van der Waals surface area (Å²) in [5.41, 5.74) is 2.98. The summed E-state index contributed by atoms with van der Waals surface area (Å²) in [6, 6.07) is 5.68. The van der Waals surface area contributed by atoms with E-state index in [2.05, 4.69) is 12.2 Å². The van der Waals surface area contributed by atoms with Gasteiger partial charge in [0.05, 0.1) is 0 Å². The Labute approximate surface area is 115 Å². The number of carbonyl (C=O) groups is 2. The molecule has 0 spiro atoms. The third-order valence-corrected chi connectivity index (χ3v) is 3.26.